The maximum absolute atomic E-state index is 13.8. The van der Waals surface area contributed by atoms with E-state index in [1.54, 1.807) is 10.4 Å². The summed E-state index contributed by atoms with van der Waals surface area (Å²) in [6, 6.07) is 9.85. The van der Waals surface area contributed by atoms with Crippen molar-refractivity contribution in [2.45, 2.75) is 51.4 Å². The summed E-state index contributed by atoms with van der Waals surface area (Å²) in [7, 11) is 0. The first-order valence-electron chi connectivity index (χ1n) is 11.2. The number of carboxylic acid groups (broad SMARTS) is 1. The van der Waals surface area contributed by atoms with Crippen LogP contribution in [0.15, 0.2) is 30.3 Å². The van der Waals surface area contributed by atoms with Crippen LogP contribution in [-0.2, 0) is 14.3 Å². The van der Waals surface area contributed by atoms with Gasteiger partial charge in [0.05, 0.1) is 24.2 Å². The molecule has 3 N–H and O–H groups in total. The lowest BCUT2D eigenvalue weighted by molar-refractivity contribution is -0.169. The van der Waals surface area contributed by atoms with E-state index in [-0.39, 0.29) is 13.0 Å². The number of carbonyl (C=O) groups excluding carboxylic acids is 2. The average molecular weight is 463 g/mol. The number of benzene rings is 1. The van der Waals surface area contributed by atoms with Gasteiger partial charge in [0.1, 0.15) is 5.54 Å². The van der Waals surface area contributed by atoms with Crippen LogP contribution in [-0.4, -0.2) is 88.0 Å². The molecule has 2 aliphatic heterocycles. The van der Waals surface area contributed by atoms with Crippen LogP contribution in [0.4, 0.5) is 10.5 Å². The number of piperazine rings is 1. The van der Waals surface area contributed by atoms with Gasteiger partial charge in [0.15, 0.2) is 0 Å². The Kier molecular flexibility index (Phi) is 7.18. The number of hydrogen-bond acceptors (Lipinski definition) is 6. The Morgan fingerprint density at radius 3 is 2.21 bits per heavy atom. The third-order valence-electron chi connectivity index (χ3n) is 6.42. The Morgan fingerprint density at radius 1 is 1.09 bits per heavy atom. The molecule has 3 rings (SSSR count). The molecule has 3 amide bonds. The highest BCUT2D eigenvalue weighted by molar-refractivity contribution is 5.96. The third kappa shape index (κ3) is 5.22. The fraction of sp³-hybridized carbons (Fsp3) is 0.609. The molecule has 0 bridgehead atoms. The van der Waals surface area contributed by atoms with Gasteiger partial charge in [0.2, 0.25) is 11.8 Å². The first-order chi connectivity index (χ1) is 15.5. The molecular weight excluding hydrogens is 428 g/mol. The zero-order chi connectivity index (χ0) is 24.4. The number of hydroxylamine groups is 1. The van der Waals surface area contributed by atoms with E-state index in [1.165, 1.54) is 6.92 Å². The molecule has 10 heteroatoms. The fourth-order valence-corrected chi connectivity index (χ4v) is 4.84. The number of rotatable bonds is 4. The maximum Gasteiger partial charge on any atom is 0.408 e. The Labute approximate surface area is 194 Å². The molecule has 0 aliphatic carbocycles. The second-order valence-electron chi connectivity index (χ2n) is 9.77. The monoisotopic (exact) mass is 462 g/mol. The summed E-state index contributed by atoms with van der Waals surface area (Å²) in [4.78, 5) is 43.5. The molecule has 10 nitrogen and oxygen atoms in total. The van der Waals surface area contributed by atoms with Gasteiger partial charge in [-0.05, 0) is 46.2 Å². The minimum absolute atomic E-state index is 0.0476. The van der Waals surface area contributed by atoms with Crippen LogP contribution in [0.1, 0.15) is 34.1 Å². The number of amides is 3. The van der Waals surface area contributed by atoms with Gasteiger partial charge in [0.25, 0.3) is 0 Å². The van der Waals surface area contributed by atoms with Crippen molar-refractivity contribution >= 4 is 23.6 Å². The first-order valence-corrected chi connectivity index (χ1v) is 11.2. The van der Waals surface area contributed by atoms with Crippen molar-refractivity contribution in [3.63, 3.8) is 0 Å². The van der Waals surface area contributed by atoms with Gasteiger partial charge in [0, 0.05) is 31.9 Å². The summed E-state index contributed by atoms with van der Waals surface area (Å²) in [5.74, 6) is -2.36. The molecule has 0 radical (unpaired) electrons. The first kappa shape index (κ1) is 24.8. The van der Waals surface area contributed by atoms with Crippen molar-refractivity contribution in [3.8, 4) is 0 Å². The summed E-state index contributed by atoms with van der Waals surface area (Å²) in [6.07, 6.45) is -1.80. The molecule has 0 spiro atoms. The second-order valence-corrected chi connectivity index (χ2v) is 9.77. The normalized spacial score (nSPS) is 26.2. The van der Waals surface area contributed by atoms with E-state index in [4.69, 9.17) is 4.74 Å². The van der Waals surface area contributed by atoms with E-state index in [1.807, 2.05) is 51.1 Å². The van der Waals surface area contributed by atoms with E-state index >= 15 is 0 Å². The molecule has 33 heavy (non-hydrogen) atoms. The van der Waals surface area contributed by atoms with Gasteiger partial charge in [-0.15, -0.1) is 0 Å². The topological polar surface area (TPSA) is 123 Å². The molecule has 1 aromatic rings. The van der Waals surface area contributed by atoms with E-state index < -0.39 is 41.1 Å². The summed E-state index contributed by atoms with van der Waals surface area (Å²) < 4.78 is 5.97. The standard InChI is InChI=1S/C23H34N4O6/c1-22(2,3)33-17-14-18(19(28)24-32)23(4,27(15-17)21(30)31)20(29)26-12-10-25(11-13-26)16-8-6-5-7-9-16/h5-9,17-18,32H,10-15H2,1-4H3,(H,24,28)(H,30,31)/t17-,18+,23-/m0/s1. The van der Waals surface area contributed by atoms with Crippen molar-refractivity contribution in [1.82, 2.24) is 15.3 Å². The molecule has 0 unspecified atom stereocenters. The van der Waals surface area contributed by atoms with Crippen molar-refractivity contribution in [2.75, 3.05) is 37.6 Å². The lowest BCUT2D eigenvalue weighted by Crippen LogP contribution is -2.71. The number of para-hydroxylation sites is 1. The number of hydrogen-bond donors (Lipinski definition) is 3. The van der Waals surface area contributed by atoms with Crippen LogP contribution < -0.4 is 10.4 Å². The van der Waals surface area contributed by atoms with E-state index in [9.17, 15) is 24.7 Å². The van der Waals surface area contributed by atoms with Crippen molar-refractivity contribution in [3.05, 3.63) is 30.3 Å². The average Bonchev–Trinajstić information content (AvgIpc) is 2.78. The van der Waals surface area contributed by atoms with Gasteiger partial charge >= 0.3 is 6.09 Å². The molecule has 2 heterocycles. The molecule has 3 atom stereocenters. The summed E-state index contributed by atoms with van der Waals surface area (Å²) in [5.41, 5.74) is 0.438. The minimum atomic E-state index is -1.68. The quantitative estimate of drug-likeness (QED) is 0.460. The summed E-state index contributed by atoms with van der Waals surface area (Å²) in [6.45, 7) is 8.91. The van der Waals surface area contributed by atoms with Crippen LogP contribution >= 0.6 is 0 Å². The van der Waals surface area contributed by atoms with Crippen LogP contribution in [0.3, 0.4) is 0 Å². The highest BCUT2D eigenvalue weighted by Crippen LogP contribution is 2.38. The van der Waals surface area contributed by atoms with Crippen molar-refractivity contribution in [2.24, 2.45) is 5.92 Å². The molecule has 2 saturated heterocycles. The number of piperidine rings is 1. The number of ether oxygens (including phenoxy) is 1. The summed E-state index contributed by atoms with van der Waals surface area (Å²) >= 11 is 0. The Balaban J connectivity index is 1.84. The molecule has 182 valence electrons. The molecule has 0 saturated carbocycles. The van der Waals surface area contributed by atoms with Crippen LogP contribution in [0.25, 0.3) is 0 Å². The van der Waals surface area contributed by atoms with Gasteiger partial charge in [-0.3, -0.25) is 19.7 Å². The van der Waals surface area contributed by atoms with Crippen LogP contribution in [0, 0.1) is 5.92 Å². The Bertz CT molecular complexity index is 865. The predicted molar refractivity (Wildman–Crippen MR) is 121 cm³/mol. The Hall–Kier alpha value is -2.85. The maximum atomic E-state index is 13.8. The second kappa shape index (κ2) is 9.56. The molecule has 1 aromatic carbocycles. The zero-order valence-electron chi connectivity index (χ0n) is 19.7. The van der Waals surface area contributed by atoms with Gasteiger partial charge in [-0.1, -0.05) is 18.2 Å². The number of nitrogens with zero attached hydrogens (tertiary/aromatic N) is 3. The van der Waals surface area contributed by atoms with Gasteiger partial charge < -0.3 is 19.6 Å². The van der Waals surface area contributed by atoms with Crippen molar-refractivity contribution in [1.29, 1.82) is 0 Å². The lowest BCUT2D eigenvalue weighted by atomic mass is 9.75. The number of carbonyl (C=O) groups is 3. The van der Waals surface area contributed by atoms with E-state index in [0.717, 1.165) is 10.6 Å². The van der Waals surface area contributed by atoms with Crippen LogP contribution in [0.2, 0.25) is 0 Å². The zero-order valence-corrected chi connectivity index (χ0v) is 19.7. The van der Waals surface area contributed by atoms with Crippen molar-refractivity contribution < 1.29 is 29.4 Å². The predicted octanol–water partition coefficient (Wildman–Crippen LogP) is 1.78. The highest BCUT2D eigenvalue weighted by Gasteiger charge is 2.57. The molecule has 0 aromatic heterocycles. The number of anilines is 1. The summed E-state index contributed by atoms with van der Waals surface area (Å²) in [5, 5.41) is 19.4. The number of likely N-dealkylation sites (tertiary alicyclic amines) is 1. The van der Waals surface area contributed by atoms with Gasteiger partial charge in [-0.25, -0.2) is 10.3 Å². The third-order valence-corrected chi connectivity index (χ3v) is 6.42. The smallest absolute Gasteiger partial charge is 0.408 e. The minimum Gasteiger partial charge on any atom is -0.465 e. The molecular formula is C23H34N4O6. The largest absolute Gasteiger partial charge is 0.465 e. The SMILES string of the molecule is CC(C)(C)O[C@H]1C[C@H](C(=O)NO)[C@@](C)(C(=O)N2CCN(c3ccccc3)CC2)N(C(=O)O)C1. The molecule has 2 fully saturated rings. The highest BCUT2D eigenvalue weighted by atomic mass is 16.5. The van der Waals surface area contributed by atoms with Crippen LogP contribution in [0.5, 0.6) is 0 Å². The fourth-order valence-electron chi connectivity index (χ4n) is 4.84. The lowest BCUT2D eigenvalue weighted by Gasteiger charge is -2.51. The van der Waals surface area contributed by atoms with E-state index in [2.05, 4.69) is 4.90 Å². The number of nitrogens with one attached hydrogen (secondary N) is 1. The molecule has 2 aliphatic rings. The Morgan fingerprint density at radius 2 is 1.70 bits per heavy atom. The van der Waals surface area contributed by atoms with E-state index in [0.29, 0.717) is 26.2 Å². The van der Waals surface area contributed by atoms with Gasteiger partial charge in [-0.2, -0.15) is 0 Å².